The van der Waals surface area contributed by atoms with Crippen LogP contribution in [-0.2, 0) is 32.9 Å². The number of hydrogen-bond acceptors (Lipinski definition) is 7. The first-order chi connectivity index (χ1) is 13.0. The topological polar surface area (TPSA) is 96.0 Å². The number of benzene rings is 1. The zero-order valence-corrected chi connectivity index (χ0v) is 18.9. The number of carbonyl (C=O) groups is 1. The second-order valence-corrected chi connectivity index (χ2v) is 11.1. The fraction of sp³-hybridized carbons (Fsp3) is 0.632. The van der Waals surface area contributed by atoms with Crippen molar-refractivity contribution in [1.29, 1.82) is 0 Å². The Morgan fingerprint density at radius 2 is 1.71 bits per heavy atom. The molecule has 2 atom stereocenters. The number of rotatable bonds is 12. The number of esters is 1. The first-order valence-electron chi connectivity index (χ1n) is 9.38. The van der Waals surface area contributed by atoms with Gasteiger partial charge >= 0.3 is 5.97 Å². The summed E-state index contributed by atoms with van der Waals surface area (Å²) in [7, 11) is -7.62. The van der Waals surface area contributed by atoms with Crippen LogP contribution in [0.25, 0.3) is 0 Å². The third-order valence-corrected chi connectivity index (χ3v) is 7.65. The highest BCUT2D eigenvalue weighted by molar-refractivity contribution is 7.87. The van der Waals surface area contributed by atoms with Crippen LogP contribution in [-0.4, -0.2) is 40.1 Å². The van der Waals surface area contributed by atoms with Crippen LogP contribution in [0.2, 0.25) is 0 Å². The quantitative estimate of drug-likeness (QED) is 0.276. The highest BCUT2D eigenvalue weighted by Crippen LogP contribution is 2.50. The summed E-state index contributed by atoms with van der Waals surface area (Å²) in [6.07, 6.45) is -0.285. The van der Waals surface area contributed by atoms with E-state index in [9.17, 15) is 17.8 Å². The van der Waals surface area contributed by atoms with Gasteiger partial charge in [0, 0.05) is 6.16 Å². The lowest BCUT2D eigenvalue weighted by atomic mass is 9.99. The molecule has 0 aliphatic heterocycles. The number of hydrogen-bond donors (Lipinski definition) is 0. The van der Waals surface area contributed by atoms with Crippen molar-refractivity contribution >= 4 is 23.5 Å². The van der Waals surface area contributed by atoms with Gasteiger partial charge in [-0.1, -0.05) is 31.5 Å². The summed E-state index contributed by atoms with van der Waals surface area (Å²) in [5.41, 5.74) is 0.907. The monoisotopic (exact) mass is 434 g/mol. The third-order valence-electron chi connectivity index (χ3n) is 3.95. The molecule has 0 aliphatic rings. The first-order valence-corrected chi connectivity index (χ1v) is 12.8. The Morgan fingerprint density at radius 1 is 1.11 bits per heavy atom. The average molecular weight is 434 g/mol. The van der Waals surface area contributed by atoms with Gasteiger partial charge in [0.1, 0.15) is 6.35 Å². The van der Waals surface area contributed by atoms with E-state index < -0.39 is 35.7 Å². The molecule has 0 heterocycles. The van der Waals surface area contributed by atoms with Crippen molar-refractivity contribution in [3.63, 3.8) is 0 Å². The average Bonchev–Trinajstić information content (AvgIpc) is 2.60. The standard InChI is InChI=1S/C19H31O7PS/c1-6-24-19(20)17(12-15(3)4)13-27(21,25-7-2)14-26-28(22,23)18-10-8-16(5)9-11-18/h8-11,15,17H,6-7,12-14H2,1-5H3. The maximum absolute atomic E-state index is 13.2. The normalized spacial score (nSPS) is 15.2. The Morgan fingerprint density at radius 3 is 2.21 bits per heavy atom. The number of aryl methyl sites for hydroxylation is 1. The van der Waals surface area contributed by atoms with Crippen molar-refractivity contribution in [3.05, 3.63) is 29.8 Å². The molecule has 9 heteroatoms. The second kappa shape index (κ2) is 11.1. The molecule has 0 fully saturated rings. The lowest BCUT2D eigenvalue weighted by molar-refractivity contribution is -0.147. The zero-order valence-electron chi connectivity index (χ0n) is 17.2. The van der Waals surface area contributed by atoms with Gasteiger partial charge in [0.25, 0.3) is 10.1 Å². The predicted octanol–water partition coefficient (Wildman–Crippen LogP) is 4.20. The molecule has 0 aliphatic carbocycles. The summed E-state index contributed by atoms with van der Waals surface area (Å²) in [5.74, 6) is -0.942. The zero-order chi connectivity index (χ0) is 21.4. The lowest BCUT2D eigenvalue weighted by Crippen LogP contribution is -2.25. The van der Waals surface area contributed by atoms with E-state index in [1.807, 2.05) is 20.8 Å². The minimum Gasteiger partial charge on any atom is -0.466 e. The fourth-order valence-corrected chi connectivity index (χ4v) is 6.24. The van der Waals surface area contributed by atoms with Gasteiger partial charge in [-0.15, -0.1) is 0 Å². The summed E-state index contributed by atoms with van der Waals surface area (Å²) in [4.78, 5) is 12.2. The van der Waals surface area contributed by atoms with Gasteiger partial charge in [-0.25, -0.2) is 0 Å². The third kappa shape index (κ3) is 8.03. The Kier molecular flexibility index (Phi) is 9.84. The van der Waals surface area contributed by atoms with Crippen LogP contribution >= 0.6 is 7.37 Å². The summed E-state index contributed by atoms with van der Waals surface area (Å²) < 4.78 is 53.5. The van der Waals surface area contributed by atoms with E-state index in [0.29, 0.717) is 6.42 Å². The van der Waals surface area contributed by atoms with Crippen LogP contribution in [0.4, 0.5) is 0 Å². The molecule has 0 saturated heterocycles. The van der Waals surface area contributed by atoms with Crippen molar-refractivity contribution in [2.75, 3.05) is 25.7 Å². The van der Waals surface area contributed by atoms with E-state index in [0.717, 1.165) is 5.56 Å². The number of carbonyl (C=O) groups excluding carboxylic acids is 1. The molecule has 0 N–H and O–H groups in total. The molecule has 0 aromatic heterocycles. The molecule has 1 aromatic rings. The summed E-state index contributed by atoms with van der Waals surface area (Å²) in [6, 6.07) is 6.16. The van der Waals surface area contributed by atoms with Crippen molar-refractivity contribution in [1.82, 2.24) is 0 Å². The molecule has 0 spiro atoms. The van der Waals surface area contributed by atoms with Crippen molar-refractivity contribution in [2.24, 2.45) is 11.8 Å². The highest BCUT2D eigenvalue weighted by atomic mass is 32.2. The Bertz CT molecular complexity index is 772. The molecular formula is C19H31O7PS. The molecule has 0 radical (unpaired) electrons. The van der Waals surface area contributed by atoms with Gasteiger partial charge in [-0.05, 0) is 45.2 Å². The van der Waals surface area contributed by atoms with Crippen LogP contribution < -0.4 is 0 Å². The molecule has 1 rings (SSSR count). The Hall–Kier alpha value is -1.21. The summed E-state index contributed by atoms with van der Waals surface area (Å²) >= 11 is 0. The van der Waals surface area contributed by atoms with E-state index in [-0.39, 0.29) is 30.2 Å². The number of ether oxygens (including phenoxy) is 1. The minimum atomic E-state index is -4.09. The molecule has 2 unspecified atom stereocenters. The van der Waals surface area contributed by atoms with Gasteiger partial charge in [-0.2, -0.15) is 8.42 Å². The van der Waals surface area contributed by atoms with Crippen molar-refractivity contribution in [2.45, 2.75) is 45.9 Å². The minimum absolute atomic E-state index is 0.0229. The van der Waals surface area contributed by atoms with Gasteiger partial charge < -0.3 is 9.26 Å². The molecule has 160 valence electrons. The van der Waals surface area contributed by atoms with E-state index in [1.54, 1.807) is 26.0 Å². The predicted molar refractivity (Wildman–Crippen MR) is 108 cm³/mol. The largest absolute Gasteiger partial charge is 0.466 e. The smallest absolute Gasteiger partial charge is 0.309 e. The fourth-order valence-electron chi connectivity index (χ4n) is 2.71. The molecule has 0 amide bonds. The molecule has 28 heavy (non-hydrogen) atoms. The van der Waals surface area contributed by atoms with E-state index in [2.05, 4.69) is 0 Å². The maximum Gasteiger partial charge on any atom is 0.309 e. The molecule has 0 bridgehead atoms. The van der Waals surface area contributed by atoms with Crippen LogP contribution in [0.3, 0.4) is 0 Å². The molecule has 0 saturated carbocycles. The van der Waals surface area contributed by atoms with Crippen LogP contribution in [0, 0.1) is 18.8 Å². The van der Waals surface area contributed by atoms with E-state index >= 15 is 0 Å². The van der Waals surface area contributed by atoms with Crippen molar-refractivity contribution < 1.29 is 31.2 Å². The van der Waals surface area contributed by atoms with Crippen LogP contribution in [0.15, 0.2) is 29.2 Å². The molecule has 7 nitrogen and oxygen atoms in total. The first kappa shape index (κ1) is 24.8. The van der Waals surface area contributed by atoms with Gasteiger partial charge in [-0.3, -0.25) is 13.5 Å². The van der Waals surface area contributed by atoms with Crippen LogP contribution in [0.1, 0.15) is 39.7 Å². The van der Waals surface area contributed by atoms with Gasteiger partial charge in [0.05, 0.1) is 24.0 Å². The Labute approximate surface area is 168 Å². The van der Waals surface area contributed by atoms with Crippen molar-refractivity contribution in [3.8, 4) is 0 Å². The Balaban J connectivity index is 2.97. The summed E-state index contributed by atoms with van der Waals surface area (Å²) in [5, 5.41) is 0. The van der Waals surface area contributed by atoms with E-state index in [1.165, 1.54) is 12.1 Å². The second-order valence-electron chi connectivity index (χ2n) is 7.01. The van der Waals surface area contributed by atoms with Crippen LogP contribution in [0.5, 0.6) is 0 Å². The summed E-state index contributed by atoms with van der Waals surface area (Å²) in [6.45, 7) is 9.40. The molecule has 1 aromatic carbocycles. The van der Waals surface area contributed by atoms with Gasteiger partial charge in [0.15, 0.2) is 0 Å². The molecular weight excluding hydrogens is 403 g/mol. The highest BCUT2D eigenvalue weighted by Gasteiger charge is 2.34. The van der Waals surface area contributed by atoms with Gasteiger partial charge in [0.2, 0.25) is 7.37 Å². The lowest BCUT2D eigenvalue weighted by Gasteiger charge is -2.23. The van der Waals surface area contributed by atoms with E-state index in [4.69, 9.17) is 13.4 Å². The maximum atomic E-state index is 13.2. The SMILES string of the molecule is CCOC(=O)C(CC(C)C)CP(=O)(COS(=O)(=O)c1ccc(C)cc1)OCC.